The van der Waals surface area contributed by atoms with Crippen molar-refractivity contribution in [1.29, 1.82) is 0 Å². The highest BCUT2D eigenvalue weighted by Crippen LogP contribution is 2.19. The molecule has 0 aromatic rings. The summed E-state index contributed by atoms with van der Waals surface area (Å²) in [5.41, 5.74) is -0.873. The van der Waals surface area contributed by atoms with E-state index < -0.39 is 11.5 Å². The van der Waals surface area contributed by atoms with Crippen LogP contribution in [0.2, 0.25) is 0 Å². The van der Waals surface area contributed by atoms with Crippen molar-refractivity contribution in [2.24, 2.45) is 5.92 Å². The Labute approximate surface area is 116 Å². The normalized spacial score (nSPS) is 21.5. The van der Waals surface area contributed by atoms with Gasteiger partial charge in [-0.15, -0.1) is 0 Å². The van der Waals surface area contributed by atoms with Crippen LogP contribution in [-0.4, -0.2) is 60.9 Å². The maximum absolute atomic E-state index is 11.5. The van der Waals surface area contributed by atoms with E-state index in [9.17, 15) is 9.90 Å². The van der Waals surface area contributed by atoms with Gasteiger partial charge in [-0.3, -0.25) is 10.1 Å². The average molecular weight is 272 g/mol. The van der Waals surface area contributed by atoms with Crippen molar-refractivity contribution in [3.05, 3.63) is 0 Å². The molecule has 0 saturated carbocycles. The van der Waals surface area contributed by atoms with Gasteiger partial charge < -0.3 is 14.7 Å². The number of nitrogens with one attached hydrogen (secondary N) is 1. The van der Waals surface area contributed by atoms with Gasteiger partial charge in [-0.1, -0.05) is 0 Å². The Morgan fingerprint density at radius 3 is 2.47 bits per heavy atom. The lowest BCUT2D eigenvalue weighted by atomic mass is 9.94. The second-order valence-corrected chi connectivity index (χ2v) is 6.11. The molecule has 2 N–H and O–H groups in total. The second kappa shape index (κ2) is 7.22. The standard InChI is InChI=1S/C14H28N2O3/c1-11(2)15-14(3,13(17)18)10-16-7-5-12(6-8-16)9-19-4/h11-12,15H,5-10H2,1-4H3,(H,17,18). The van der Waals surface area contributed by atoms with Crippen LogP contribution in [0.1, 0.15) is 33.6 Å². The first-order chi connectivity index (χ1) is 8.87. The van der Waals surface area contributed by atoms with E-state index in [2.05, 4.69) is 10.2 Å². The van der Waals surface area contributed by atoms with Gasteiger partial charge in [0, 0.05) is 26.3 Å². The zero-order valence-electron chi connectivity index (χ0n) is 12.6. The van der Waals surface area contributed by atoms with E-state index in [0.29, 0.717) is 12.5 Å². The van der Waals surface area contributed by atoms with Crippen LogP contribution in [0, 0.1) is 5.92 Å². The molecule has 1 unspecified atom stereocenters. The minimum Gasteiger partial charge on any atom is -0.480 e. The summed E-state index contributed by atoms with van der Waals surface area (Å²) in [7, 11) is 1.74. The number of rotatable bonds is 7. The van der Waals surface area contributed by atoms with Crippen LogP contribution in [-0.2, 0) is 9.53 Å². The van der Waals surface area contributed by atoms with Gasteiger partial charge in [-0.2, -0.15) is 0 Å². The molecule has 0 aromatic heterocycles. The van der Waals surface area contributed by atoms with Gasteiger partial charge in [0.05, 0.1) is 0 Å². The SMILES string of the molecule is COCC1CCN(CC(C)(NC(C)C)C(=O)O)CC1. The Hall–Kier alpha value is -0.650. The van der Waals surface area contributed by atoms with Gasteiger partial charge in [-0.25, -0.2) is 0 Å². The number of nitrogens with zero attached hydrogens (tertiary/aromatic N) is 1. The number of carboxylic acids is 1. The van der Waals surface area contributed by atoms with Gasteiger partial charge in [-0.05, 0) is 52.6 Å². The Kier molecular flexibility index (Phi) is 6.23. The molecule has 1 atom stereocenters. The number of hydrogen-bond donors (Lipinski definition) is 2. The topological polar surface area (TPSA) is 61.8 Å². The molecule has 1 aliphatic rings. The number of carbonyl (C=O) groups is 1. The first-order valence-corrected chi connectivity index (χ1v) is 7.10. The molecule has 1 saturated heterocycles. The molecule has 0 aromatic carbocycles. The van der Waals surface area contributed by atoms with Crippen LogP contribution in [0.3, 0.4) is 0 Å². The minimum atomic E-state index is -0.873. The Morgan fingerprint density at radius 1 is 1.47 bits per heavy atom. The van der Waals surface area contributed by atoms with Crippen LogP contribution in [0.4, 0.5) is 0 Å². The summed E-state index contributed by atoms with van der Waals surface area (Å²) in [6, 6.07) is 0.159. The first-order valence-electron chi connectivity index (χ1n) is 7.10. The first kappa shape index (κ1) is 16.4. The molecule has 0 radical (unpaired) electrons. The molecule has 1 heterocycles. The summed E-state index contributed by atoms with van der Waals surface area (Å²) in [5, 5.41) is 12.6. The molecule has 1 rings (SSSR count). The van der Waals surface area contributed by atoms with Crippen molar-refractivity contribution in [3.63, 3.8) is 0 Å². The highest BCUT2D eigenvalue weighted by Gasteiger charge is 2.36. The maximum Gasteiger partial charge on any atom is 0.324 e. The molecular formula is C14H28N2O3. The van der Waals surface area contributed by atoms with Crippen molar-refractivity contribution in [1.82, 2.24) is 10.2 Å². The zero-order chi connectivity index (χ0) is 14.5. The lowest BCUT2D eigenvalue weighted by Crippen LogP contribution is -2.59. The third-order valence-electron chi connectivity index (χ3n) is 3.73. The maximum atomic E-state index is 11.5. The fourth-order valence-corrected chi connectivity index (χ4v) is 2.81. The molecule has 0 aliphatic carbocycles. The van der Waals surface area contributed by atoms with Gasteiger partial charge >= 0.3 is 5.97 Å². The fraction of sp³-hybridized carbons (Fsp3) is 0.929. The lowest BCUT2D eigenvalue weighted by molar-refractivity contribution is -0.145. The molecule has 0 bridgehead atoms. The summed E-state index contributed by atoms with van der Waals surface area (Å²) in [6.45, 7) is 9.01. The van der Waals surface area contributed by atoms with E-state index in [1.165, 1.54) is 0 Å². The van der Waals surface area contributed by atoms with E-state index in [1.807, 2.05) is 13.8 Å². The summed E-state index contributed by atoms with van der Waals surface area (Å²) in [6.07, 6.45) is 2.18. The van der Waals surface area contributed by atoms with Crippen molar-refractivity contribution < 1.29 is 14.6 Å². The van der Waals surface area contributed by atoms with Crippen LogP contribution in [0.5, 0.6) is 0 Å². The third-order valence-corrected chi connectivity index (χ3v) is 3.73. The molecule has 112 valence electrons. The van der Waals surface area contributed by atoms with E-state index in [1.54, 1.807) is 14.0 Å². The number of methoxy groups -OCH3 is 1. The highest BCUT2D eigenvalue weighted by atomic mass is 16.5. The number of aliphatic carboxylic acids is 1. The highest BCUT2D eigenvalue weighted by molar-refractivity contribution is 5.78. The van der Waals surface area contributed by atoms with Gasteiger partial charge in [0.25, 0.3) is 0 Å². The van der Waals surface area contributed by atoms with Crippen molar-refractivity contribution in [2.75, 3.05) is 33.4 Å². The Balaban J connectivity index is 2.50. The monoisotopic (exact) mass is 272 g/mol. The van der Waals surface area contributed by atoms with E-state index in [-0.39, 0.29) is 6.04 Å². The molecule has 0 amide bonds. The number of carboxylic acid groups (broad SMARTS) is 1. The quantitative estimate of drug-likeness (QED) is 0.729. The van der Waals surface area contributed by atoms with Crippen LogP contribution >= 0.6 is 0 Å². The second-order valence-electron chi connectivity index (χ2n) is 6.11. The van der Waals surface area contributed by atoms with Gasteiger partial charge in [0.1, 0.15) is 5.54 Å². The average Bonchev–Trinajstić information content (AvgIpc) is 2.31. The fourth-order valence-electron chi connectivity index (χ4n) is 2.81. The number of likely N-dealkylation sites (tertiary alicyclic amines) is 1. The predicted octanol–water partition coefficient (Wildman–Crippen LogP) is 1.19. The van der Waals surface area contributed by atoms with Gasteiger partial charge in [0.2, 0.25) is 0 Å². The molecule has 1 fully saturated rings. The molecule has 5 heteroatoms. The molecule has 5 nitrogen and oxygen atoms in total. The smallest absolute Gasteiger partial charge is 0.324 e. The number of piperidine rings is 1. The third kappa shape index (κ3) is 5.09. The predicted molar refractivity (Wildman–Crippen MR) is 75.4 cm³/mol. The number of hydrogen-bond acceptors (Lipinski definition) is 4. The van der Waals surface area contributed by atoms with E-state index in [0.717, 1.165) is 32.5 Å². The lowest BCUT2D eigenvalue weighted by Gasteiger charge is -2.38. The van der Waals surface area contributed by atoms with Crippen molar-refractivity contribution >= 4 is 5.97 Å². The summed E-state index contributed by atoms with van der Waals surface area (Å²) < 4.78 is 5.18. The molecule has 0 spiro atoms. The number of ether oxygens (including phenoxy) is 1. The van der Waals surface area contributed by atoms with Crippen LogP contribution in [0.15, 0.2) is 0 Å². The van der Waals surface area contributed by atoms with Crippen LogP contribution < -0.4 is 5.32 Å². The summed E-state index contributed by atoms with van der Waals surface area (Å²) in [5.74, 6) is -0.157. The van der Waals surface area contributed by atoms with Crippen LogP contribution in [0.25, 0.3) is 0 Å². The largest absolute Gasteiger partial charge is 0.480 e. The molecular weight excluding hydrogens is 244 g/mol. The summed E-state index contributed by atoms with van der Waals surface area (Å²) in [4.78, 5) is 13.7. The minimum absolute atomic E-state index is 0.159. The Morgan fingerprint density at radius 2 is 2.05 bits per heavy atom. The summed E-state index contributed by atoms with van der Waals surface area (Å²) >= 11 is 0. The molecule has 1 aliphatic heterocycles. The van der Waals surface area contributed by atoms with Crippen molar-refractivity contribution in [2.45, 2.75) is 45.2 Å². The van der Waals surface area contributed by atoms with Crippen molar-refractivity contribution in [3.8, 4) is 0 Å². The molecule has 19 heavy (non-hydrogen) atoms. The Bertz CT molecular complexity index is 288. The van der Waals surface area contributed by atoms with Gasteiger partial charge in [0.15, 0.2) is 0 Å². The van der Waals surface area contributed by atoms with E-state index >= 15 is 0 Å². The van der Waals surface area contributed by atoms with E-state index in [4.69, 9.17) is 4.74 Å². The zero-order valence-corrected chi connectivity index (χ0v) is 12.6.